The van der Waals surface area contributed by atoms with Crippen LogP contribution >= 0.6 is 11.6 Å². The Labute approximate surface area is 111 Å². The molecule has 98 valence electrons. The van der Waals surface area contributed by atoms with E-state index in [1.54, 1.807) is 0 Å². The molecule has 1 aromatic rings. The molecule has 2 saturated heterocycles. The predicted molar refractivity (Wildman–Crippen MR) is 68.4 cm³/mol. The molecule has 1 atom stereocenters. The summed E-state index contributed by atoms with van der Waals surface area (Å²) >= 11 is 5.73. The highest BCUT2D eigenvalue weighted by Gasteiger charge is 2.31. The van der Waals surface area contributed by atoms with Gasteiger partial charge in [0.25, 0.3) is 0 Å². The number of hydrogen-bond donors (Lipinski definition) is 0. The molecule has 3 heterocycles. The quantitative estimate of drug-likeness (QED) is 0.769. The summed E-state index contributed by atoms with van der Waals surface area (Å²) in [5.74, 6) is -0.0434. The van der Waals surface area contributed by atoms with E-state index in [4.69, 9.17) is 11.6 Å². The van der Waals surface area contributed by atoms with Crippen molar-refractivity contribution in [2.45, 2.75) is 25.3 Å². The van der Waals surface area contributed by atoms with Gasteiger partial charge >= 0.3 is 0 Å². The van der Waals surface area contributed by atoms with E-state index in [2.05, 4.69) is 14.9 Å². The zero-order valence-electron chi connectivity index (χ0n) is 10.1. The normalized spacial score (nSPS) is 25.0. The molecule has 1 aromatic heterocycles. The van der Waals surface area contributed by atoms with Crippen molar-refractivity contribution in [1.29, 1.82) is 0 Å². The lowest BCUT2D eigenvalue weighted by molar-refractivity contribution is 0.260. The molecule has 0 aromatic carbocycles. The maximum absolute atomic E-state index is 13.7. The number of likely N-dealkylation sites (tertiary alicyclic amines) is 1. The second-order valence-corrected chi connectivity index (χ2v) is 5.28. The van der Waals surface area contributed by atoms with E-state index in [0.29, 0.717) is 11.9 Å². The van der Waals surface area contributed by atoms with Gasteiger partial charge in [-0.2, -0.15) is 4.98 Å². The molecule has 4 nitrogen and oxygen atoms in total. The highest BCUT2D eigenvalue weighted by Crippen LogP contribution is 2.26. The fraction of sp³-hybridized carbons (Fsp3) is 0.667. The molecule has 2 fully saturated rings. The van der Waals surface area contributed by atoms with Crippen LogP contribution in [0.3, 0.4) is 0 Å². The molecular formula is C12H16ClFN4. The Balaban J connectivity index is 1.72. The first kappa shape index (κ1) is 12.1. The van der Waals surface area contributed by atoms with Crippen molar-refractivity contribution in [3.05, 3.63) is 17.3 Å². The van der Waals surface area contributed by atoms with E-state index >= 15 is 0 Å². The molecule has 0 amide bonds. The molecule has 0 radical (unpaired) electrons. The van der Waals surface area contributed by atoms with Gasteiger partial charge in [-0.15, -0.1) is 0 Å². The van der Waals surface area contributed by atoms with E-state index in [-0.39, 0.29) is 11.1 Å². The summed E-state index contributed by atoms with van der Waals surface area (Å²) in [6.07, 6.45) is 4.78. The van der Waals surface area contributed by atoms with Crippen LogP contribution in [-0.2, 0) is 0 Å². The van der Waals surface area contributed by atoms with Crippen molar-refractivity contribution in [2.75, 3.05) is 31.1 Å². The molecule has 2 aliphatic rings. The molecule has 6 heteroatoms. The minimum absolute atomic E-state index is 0.107. The Hall–Kier alpha value is -0.940. The molecule has 2 aliphatic heterocycles. The van der Waals surface area contributed by atoms with Crippen molar-refractivity contribution >= 4 is 17.4 Å². The summed E-state index contributed by atoms with van der Waals surface area (Å²) in [6.45, 7) is 4.02. The summed E-state index contributed by atoms with van der Waals surface area (Å²) in [4.78, 5) is 12.1. The minimum atomic E-state index is -0.388. The summed E-state index contributed by atoms with van der Waals surface area (Å²) in [7, 11) is 0. The summed E-state index contributed by atoms with van der Waals surface area (Å²) in [5, 5.41) is 0.107. The topological polar surface area (TPSA) is 32.3 Å². The lowest BCUT2D eigenvalue weighted by atomic mass is 10.2. The van der Waals surface area contributed by atoms with Crippen LogP contribution in [0, 0.1) is 5.82 Å². The first-order chi connectivity index (χ1) is 8.74. The molecule has 0 aliphatic carbocycles. The van der Waals surface area contributed by atoms with Crippen LogP contribution in [0.25, 0.3) is 0 Å². The zero-order chi connectivity index (χ0) is 12.5. The Bertz CT molecular complexity index is 436. The Morgan fingerprint density at radius 1 is 1.28 bits per heavy atom. The molecule has 0 saturated carbocycles. The number of rotatable bonds is 2. The molecule has 18 heavy (non-hydrogen) atoms. The van der Waals surface area contributed by atoms with Gasteiger partial charge in [0, 0.05) is 19.1 Å². The van der Waals surface area contributed by atoms with Crippen LogP contribution in [0.4, 0.5) is 10.2 Å². The summed E-state index contributed by atoms with van der Waals surface area (Å²) in [5.41, 5.74) is 0. The lowest BCUT2D eigenvalue weighted by Crippen LogP contribution is -2.35. The maximum atomic E-state index is 13.7. The van der Waals surface area contributed by atoms with Gasteiger partial charge in [0.05, 0.1) is 6.20 Å². The zero-order valence-corrected chi connectivity index (χ0v) is 10.9. The number of nitrogens with zero attached hydrogens (tertiary/aromatic N) is 4. The Kier molecular flexibility index (Phi) is 3.35. The van der Waals surface area contributed by atoms with Gasteiger partial charge in [0.1, 0.15) is 0 Å². The van der Waals surface area contributed by atoms with Crippen LogP contribution < -0.4 is 4.90 Å². The number of aromatic nitrogens is 2. The summed E-state index contributed by atoms with van der Waals surface area (Å²) in [6, 6.07) is 0.528. The van der Waals surface area contributed by atoms with Gasteiger partial charge < -0.3 is 4.90 Å². The average Bonchev–Trinajstić information content (AvgIpc) is 3.00. The molecule has 0 bridgehead atoms. The fourth-order valence-corrected chi connectivity index (χ4v) is 3.03. The molecule has 3 rings (SSSR count). The van der Waals surface area contributed by atoms with E-state index in [1.807, 2.05) is 4.90 Å². The van der Waals surface area contributed by atoms with Gasteiger partial charge in [-0.1, -0.05) is 0 Å². The Morgan fingerprint density at radius 2 is 2.06 bits per heavy atom. The number of anilines is 1. The molecular weight excluding hydrogens is 255 g/mol. The monoisotopic (exact) mass is 270 g/mol. The van der Waals surface area contributed by atoms with Crippen molar-refractivity contribution in [2.24, 2.45) is 0 Å². The first-order valence-corrected chi connectivity index (χ1v) is 6.79. The number of halogens is 2. The van der Waals surface area contributed by atoms with Crippen LogP contribution in [0.15, 0.2) is 6.20 Å². The SMILES string of the molecule is Fc1cnc(Cl)nc1N1CCC(N2CCCC2)C1. The molecule has 0 N–H and O–H groups in total. The third kappa shape index (κ3) is 2.29. The predicted octanol–water partition coefficient (Wildman–Crippen LogP) is 1.94. The van der Waals surface area contributed by atoms with E-state index < -0.39 is 0 Å². The van der Waals surface area contributed by atoms with Gasteiger partial charge in [0.2, 0.25) is 5.28 Å². The standard InChI is InChI=1S/C12H16ClFN4/c13-12-15-7-10(14)11(16-12)18-6-3-9(8-18)17-4-1-2-5-17/h7,9H,1-6,8H2. The van der Waals surface area contributed by atoms with E-state index in [1.165, 1.54) is 25.9 Å². The third-order valence-electron chi connectivity index (χ3n) is 3.82. The minimum Gasteiger partial charge on any atom is -0.352 e. The van der Waals surface area contributed by atoms with Crippen molar-refractivity contribution < 1.29 is 4.39 Å². The highest BCUT2D eigenvalue weighted by atomic mass is 35.5. The third-order valence-corrected chi connectivity index (χ3v) is 4.00. The average molecular weight is 271 g/mol. The van der Waals surface area contributed by atoms with E-state index in [9.17, 15) is 4.39 Å². The fourth-order valence-electron chi connectivity index (χ4n) is 2.90. The van der Waals surface area contributed by atoms with Gasteiger partial charge in [-0.25, -0.2) is 9.37 Å². The largest absolute Gasteiger partial charge is 0.352 e. The van der Waals surface area contributed by atoms with E-state index in [0.717, 1.165) is 25.7 Å². The van der Waals surface area contributed by atoms with Crippen LogP contribution in [0.5, 0.6) is 0 Å². The highest BCUT2D eigenvalue weighted by molar-refractivity contribution is 6.28. The smallest absolute Gasteiger partial charge is 0.224 e. The second-order valence-electron chi connectivity index (χ2n) is 4.94. The number of hydrogen-bond acceptors (Lipinski definition) is 4. The van der Waals surface area contributed by atoms with Crippen LogP contribution in [0.2, 0.25) is 5.28 Å². The van der Waals surface area contributed by atoms with Gasteiger partial charge in [-0.05, 0) is 44.0 Å². The van der Waals surface area contributed by atoms with Crippen LogP contribution in [0.1, 0.15) is 19.3 Å². The lowest BCUT2D eigenvalue weighted by Gasteiger charge is -2.24. The first-order valence-electron chi connectivity index (χ1n) is 6.41. The van der Waals surface area contributed by atoms with Gasteiger partial charge in [-0.3, -0.25) is 4.90 Å². The van der Waals surface area contributed by atoms with Gasteiger partial charge in [0.15, 0.2) is 11.6 Å². The maximum Gasteiger partial charge on any atom is 0.224 e. The molecule has 0 spiro atoms. The van der Waals surface area contributed by atoms with Crippen molar-refractivity contribution in [3.8, 4) is 0 Å². The van der Waals surface area contributed by atoms with Crippen molar-refractivity contribution in [1.82, 2.24) is 14.9 Å². The second kappa shape index (κ2) is 4.97. The summed E-state index contributed by atoms with van der Waals surface area (Å²) < 4.78 is 13.7. The Morgan fingerprint density at radius 3 is 2.83 bits per heavy atom. The molecule has 1 unspecified atom stereocenters. The van der Waals surface area contributed by atoms with Crippen LogP contribution in [-0.4, -0.2) is 47.1 Å². The van der Waals surface area contributed by atoms with Crippen molar-refractivity contribution in [3.63, 3.8) is 0 Å².